The van der Waals surface area contributed by atoms with E-state index in [9.17, 15) is 4.79 Å². The van der Waals surface area contributed by atoms with Gasteiger partial charge in [0.2, 0.25) is 0 Å². The number of aliphatic carboxylic acids is 1. The van der Waals surface area contributed by atoms with Gasteiger partial charge in [-0.2, -0.15) is 0 Å². The predicted octanol–water partition coefficient (Wildman–Crippen LogP) is 2.28. The minimum Gasteiger partial charge on any atom is -0.496 e. The number of carbonyl (C=O) groups is 1. The van der Waals surface area contributed by atoms with Crippen LogP contribution in [0, 0.1) is 0 Å². The number of carboxylic acids is 1. The Labute approximate surface area is 101 Å². The molecule has 0 aliphatic rings. The molecular weight excluding hydrogens is 220 g/mol. The summed E-state index contributed by atoms with van der Waals surface area (Å²) in [7, 11) is 3.20. The molecule has 1 N–H and O–H groups in total. The van der Waals surface area contributed by atoms with Crippen LogP contribution in [-0.2, 0) is 17.6 Å². The Morgan fingerprint density at radius 3 is 2.12 bits per heavy atom. The molecule has 0 fully saturated rings. The molecule has 4 heteroatoms. The number of hydrogen-bond donors (Lipinski definition) is 1. The molecule has 4 nitrogen and oxygen atoms in total. The maximum Gasteiger partial charge on any atom is 0.303 e. The second-order valence-corrected chi connectivity index (χ2v) is 3.67. The fourth-order valence-corrected chi connectivity index (χ4v) is 1.93. The van der Waals surface area contributed by atoms with E-state index in [1.165, 1.54) is 0 Å². The van der Waals surface area contributed by atoms with Crippen molar-refractivity contribution in [3.8, 4) is 11.5 Å². The van der Waals surface area contributed by atoms with E-state index in [-0.39, 0.29) is 6.42 Å². The number of rotatable bonds is 6. The van der Waals surface area contributed by atoms with Gasteiger partial charge in [-0.25, -0.2) is 0 Å². The largest absolute Gasteiger partial charge is 0.496 e. The van der Waals surface area contributed by atoms with Crippen LogP contribution in [0.3, 0.4) is 0 Å². The molecule has 1 rings (SSSR count). The maximum absolute atomic E-state index is 10.7. The number of carboxylic acid groups (broad SMARTS) is 1. The maximum atomic E-state index is 10.7. The second-order valence-electron chi connectivity index (χ2n) is 3.67. The molecule has 1 aromatic rings. The summed E-state index contributed by atoms with van der Waals surface area (Å²) in [4.78, 5) is 10.7. The quantitative estimate of drug-likeness (QED) is 0.826. The lowest BCUT2D eigenvalue weighted by Gasteiger charge is -2.15. The number of benzene rings is 1. The molecule has 1 aromatic carbocycles. The molecule has 0 radical (unpaired) electrons. The molecule has 0 aliphatic heterocycles. The Morgan fingerprint density at radius 2 is 1.71 bits per heavy atom. The van der Waals surface area contributed by atoms with Crippen molar-refractivity contribution in [1.82, 2.24) is 0 Å². The molecule has 0 aromatic heterocycles. The lowest BCUT2D eigenvalue weighted by molar-refractivity contribution is -0.136. The van der Waals surface area contributed by atoms with Gasteiger partial charge in [0.25, 0.3) is 0 Å². The van der Waals surface area contributed by atoms with Crippen LogP contribution >= 0.6 is 0 Å². The second kappa shape index (κ2) is 6.13. The van der Waals surface area contributed by atoms with Crippen LogP contribution in [0.4, 0.5) is 0 Å². The van der Waals surface area contributed by atoms with Crippen LogP contribution in [0.5, 0.6) is 11.5 Å². The minimum atomic E-state index is -0.808. The van der Waals surface area contributed by atoms with Gasteiger partial charge in [0, 0.05) is 17.5 Å². The number of ether oxygens (including phenoxy) is 2. The topological polar surface area (TPSA) is 55.8 Å². The molecule has 94 valence electrons. The van der Waals surface area contributed by atoms with E-state index in [4.69, 9.17) is 14.6 Å². The monoisotopic (exact) mass is 238 g/mol. The van der Waals surface area contributed by atoms with Gasteiger partial charge in [0.1, 0.15) is 11.5 Å². The minimum absolute atomic E-state index is 0.0938. The highest BCUT2D eigenvalue weighted by molar-refractivity contribution is 5.67. The zero-order valence-electron chi connectivity index (χ0n) is 10.4. The predicted molar refractivity (Wildman–Crippen MR) is 64.9 cm³/mol. The Balaban J connectivity index is 3.15. The van der Waals surface area contributed by atoms with Crippen molar-refractivity contribution < 1.29 is 19.4 Å². The van der Waals surface area contributed by atoms with Gasteiger partial charge < -0.3 is 14.6 Å². The van der Waals surface area contributed by atoms with Crippen molar-refractivity contribution in [2.24, 2.45) is 0 Å². The van der Waals surface area contributed by atoms with Crippen molar-refractivity contribution in [3.63, 3.8) is 0 Å². The Kier molecular flexibility index (Phi) is 4.82. The van der Waals surface area contributed by atoms with E-state index in [0.29, 0.717) is 6.42 Å². The highest BCUT2D eigenvalue weighted by Crippen LogP contribution is 2.31. The molecular formula is C13H18O4. The average molecular weight is 238 g/mol. The molecule has 0 saturated heterocycles. The van der Waals surface area contributed by atoms with Crippen molar-refractivity contribution in [2.45, 2.75) is 26.2 Å². The number of hydrogen-bond acceptors (Lipinski definition) is 3. The van der Waals surface area contributed by atoms with Crippen LogP contribution in [0.2, 0.25) is 0 Å². The van der Waals surface area contributed by atoms with Crippen LogP contribution in [0.1, 0.15) is 24.5 Å². The summed E-state index contributed by atoms with van der Waals surface area (Å²) < 4.78 is 10.6. The van der Waals surface area contributed by atoms with E-state index in [2.05, 4.69) is 0 Å². The Hall–Kier alpha value is -1.71. The van der Waals surface area contributed by atoms with Gasteiger partial charge in [0.15, 0.2) is 0 Å². The standard InChI is InChI=1S/C13H18O4/c1-4-9-10(5-8-13(14)15)12(17-3)7-6-11(9)16-2/h6-7H,4-5,8H2,1-3H3,(H,14,15). The molecule has 0 saturated carbocycles. The van der Waals surface area contributed by atoms with Gasteiger partial charge in [-0.3, -0.25) is 4.79 Å². The molecule has 0 spiro atoms. The van der Waals surface area contributed by atoms with Crippen LogP contribution in [-0.4, -0.2) is 25.3 Å². The van der Waals surface area contributed by atoms with Crippen molar-refractivity contribution in [1.29, 1.82) is 0 Å². The third kappa shape index (κ3) is 3.12. The first kappa shape index (κ1) is 13.4. The van der Waals surface area contributed by atoms with Gasteiger partial charge in [-0.15, -0.1) is 0 Å². The summed E-state index contributed by atoms with van der Waals surface area (Å²) in [6.07, 6.45) is 1.34. The first-order valence-corrected chi connectivity index (χ1v) is 5.58. The fourth-order valence-electron chi connectivity index (χ4n) is 1.93. The van der Waals surface area contributed by atoms with Crippen molar-refractivity contribution >= 4 is 5.97 Å². The van der Waals surface area contributed by atoms with E-state index in [0.717, 1.165) is 29.0 Å². The van der Waals surface area contributed by atoms with Crippen LogP contribution < -0.4 is 9.47 Å². The van der Waals surface area contributed by atoms with Gasteiger partial charge in [0.05, 0.1) is 14.2 Å². The van der Waals surface area contributed by atoms with Gasteiger partial charge >= 0.3 is 5.97 Å². The zero-order chi connectivity index (χ0) is 12.8. The highest BCUT2D eigenvalue weighted by atomic mass is 16.5. The highest BCUT2D eigenvalue weighted by Gasteiger charge is 2.14. The molecule has 0 unspecified atom stereocenters. The normalized spacial score (nSPS) is 10.1. The molecule has 0 aliphatic carbocycles. The SMILES string of the molecule is CCc1c(OC)ccc(OC)c1CCC(=O)O. The summed E-state index contributed by atoms with van der Waals surface area (Å²) >= 11 is 0. The third-order valence-corrected chi connectivity index (χ3v) is 2.73. The first-order chi connectivity index (χ1) is 8.13. The number of methoxy groups -OCH3 is 2. The van der Waals surface area contributed by atoms with Crippen molar-refractivity contribution in [3.05, 3.63) is 23.3 Å². The smallest absolute Gasteiger partial charge is 0.303 e. The molecule has 0 bridgehead atoms. The van der Waals surface area contributed by atoms with Gasteiger partial charge in [-0.05, 0) is 25.0 Å². The van der Waals surface area contributed by atoms with Crippen molar-refractivity contribution in [2.75, 3.05) is 14.2 Å². The van der Waals surface area contributed by atoms with E-state index < -0.39 is 5.97 Å². The average Bonchev–Trinajstić information content (AvgIpc) is 2.34. The lowest BCUT2D eigenvalue weighted by Crippen LogP contribution is -2.04. The summed E-state index contributed by atoms with van der Waals surface area (Å²) in [5.41, 5.74) is 1.95. The first-order valence-electron chi connectivity index (χ1n) is 5.58. The molecule has 17 heavy (non-hydrogen) atoms. The summed E-state index contributed by atoms with van der Waals surface area (Å²) in [5.74, 6) is 0.703. The van der Waals surface area contributed by atoms with Crippen LogP contribution in [0.15, 0.2) is 12.1 Å². The zero-order valence-corrected chi connectivity index (χ0v) is 10.4. The lowest BCUT2D eigenvalue weighted by atomic mass is 9.98. The van der Waals surface area contributed by atoms with E-state index in [1.54, 1.807) is 14.2 Å². The van der Waals surface area contributed by atoms with Gasteiger partial charge in [-0.1, -0.05) is 6.92 Å². The van der Waals surface area contributed by atoms with E-state index >= 15 is 0 Å². The summed E-state index contributed by atoms with van der Waals surface area (Å²) in [6.45, 7) is 2.02. The molecule has 0 amide bonds. The third-order valence-electron chi connectivity index (χ3n) is 2.73. The van der Waals surface area contributed by atoms with Crippen LogP contribution in [0.25, 0.3) is 0 Å². The summed E-state index contributed by atoms with van der Waals surface area (Å²) in [5, 5.41) is 8.76. The Morgan fingerprint density at radius 1 is 1.18 bits per heavy atom. The summed E-state index contributed by atoms with van der Waals surface area (Å²) in [6, 6.07) is 3.66. The Bertz CT molecular complexity index is 399. The van der Waals surface area contributed by atoms with E-state index in [1.807, 2.05) is 19.1 Å². The fraction of sp³-hybridized carbons (Fsp3) is 0.462. The molecule has 0 atom stereocenters. The molecule has 0 heterocycles.